The lowest BCUT2D eigenvalue weighted by Gasteiger charge is -2.08. The van der Waals surface area contributed by atoms with Crippen molar-refractivity contribution in [1.82, 2.24) is 0 Å². The lowest BCUT2D eigenvalue weighted by Crippen LogP contribution is -2.19. The third-order valence-electron chi connectivity index (χ3n) is 2.98. The monoisotopic (exact) mass is 402 g/mol. The zero-order valence-electron chi connectivity index (χ0n) is 12.5. The summed E-state index contributed by atoms with van der Waals surface area (Å²) in [7, 11) is 0. The Morgan fingerprint density at radius 3 is 2.04 bits per heavy atom. The highest BCUT2D eigenvalue weighted by Crippen LogP contribution is 2.24. The van der Waals surface area contributed by atoms with Gasteiger partial charge in [0.25, 0.3) is 0 Å². The van der Waals surface area contributed by atoms with Crippen LogP contribution in [-0.2, 0) is 9.53 Å². The summed E-state index contributed by atoms with van der Waals surface area (Å²) in [5.74, 6) is -0.315. The summed E-state index contributed by atoms with van der Waals surface area (Å²) < 4.78 is 46.0. The molecule has 0 aliphatic heterocycles. The van der Waals surface area contributed by atoms with Crippen molar-refractivity contribution in [2.45, 2.75) is 12.6 Å². The molecule has 0 radical (unpaired) electrons. The molecule has 0 amide bonds. The van der Waals surface area contributed by atoms with Gasteiger partial charge >= 0.3 is 12.1 Å². The Morgan fingerprint density at radius 1 is 0.958 bits per heavy atom. The summed E-state index contributed by atoms with van der Waals surface area (Å²) in [6.07, 6.45) is -4.64. The highest BCUT2D eigenvalue weighted by Gasteiger charge is 2.27. The lowest BCUT2D eigenvalue weighted by molar-refractivity contribution is -0.175. The minimum absolute atomic E-state index is 0.245. The Kier molecular flexibility index (Phi) is 6.39. The molecule has 0 saturated carbocycles. The van der Waals surface area contributed by atoms with Gasteiger partial charge in [0.15, 0.2) is 0 Å². The molecule has 0 aromatic heterocycles. The average Bonchev–Trinajstić information content (AvgIpc) is 2.52. The van der Waals surface area contributed by atoms with Gasteiger partial charge in [0, 0.05) is 4.47 Å². The topological polar surface area (TPSA) is 35.5 Å². The number of carbonyl (C=O) groups is 1. The summed E-state index contributed by atoms with van der Waals surface area (Å²) in [5, 5.41) is 0. The third-order valence-corrected chi connectivity index (χ3v) is 3.51. The largest absolute Gasteiger partial charge is 0.426 e. The lowest BCUT2D eigenvalue weighted by atomic mass is 10.1. The smallest absolute Gasteiger partial charge is 0.411 e. The van der Waals surface area contributed by atoms with Crippen molar-refractivity contribution in [3.8, 4) is 16.9 Å². The molecule has 2 rings (SSSR count). The molecule has 24 heavy (non-hydrogen) atoms. The van der Waals surface area contributed by atoms with Gasteiger partial charge in [-0.15, -0.1) is 0 Å². The molecule has 128 valence electrons. The average molecular weight is 403 g/mol. The molecule has 2 aromatic rings. The molecular formula is C17H14BrF3O3. The van der Waals surface area contributed by atoms with Crippen molar-refractivity contribution in [3.63, 3.8) is 0 Å². The zero-order chi connectivity index (χ0) is 17.6. The highest BCUT2D eigenvalue weighted by molar-refractivity contribution is 9.10. The number of esters is 1. The van der Waals surface area contributed by atoms with Crippen molar-refractivity contribution in [2.75, 3.05) is 13.2 Å². The van der Waals surface area contributed by atoms with E-state index in [2.05, 4.69) is 20.7 Å². The van der Waals surface area contributed by atoms with Crippen LogP contribution in [0.3, 0.4) is 0 Å². The van der Waals surface area contributed by atoms with E-state index in [4.69, 9.17) is 4.74 Å². The van der Waals surface area contributed by atoms with E-state index in [1.807, 2.05) is 24.3 Å². The molecule has 0 bridgehead atoms. The molecule has 0 N–H and O–H groups in total. The molecule has 7 heteroatoms. The van der Waals surface area contributed by atoms with E-state index in [0.717, 1.165) is 15.6 Å². The second-order valence-corrected chi connectivity index (χ2v) is 5.84. The Bertz CT molecular complexity index is 667. The van der Waals surface area contributed by atoms with Gasteiger partial charge in [-0.3, -0.25) is 4.79 Å². The first-order chi connectivity index (χ1) is 11.3. The second-order valence-electron chi connectivity index (χ2n) is 4.92. The molecule has 3 nitrogen and oxygen atoms in total. The zero-order valence-corrected chi connectivity index (χ0v) is 14.1. The fourth-order valence-corrected chi connectivity index (χ4v) is 2.15. The van der Waals surface area contributed by atoms with E-state index in [1.165, 1.54) is 0 Å². The van der Waals surface area contributed by atoms with E-state index in [-0.39, 0.29) is 13.0 Å². The van der Waals surface area contributed by atoms with Crippen LogP contribution in [0, 0.1) is 0 Å². The molecule has 0 heterocycles. The number of alkyl halides is 3. The number of ether oxygens (including phenoxy) is 2. The van der Waals surface area contributed by atoms with Crippen LogP contribution in [-0.4, -0.2) is 25.4 Å². The number of halogens is 4. The summed E-state index contributed by atoms with van der Waals surface area (Å²) in [6, 6.07) is 14.6. The van der Waals surface area contributed by atoms with Crippen molar-refractivity contribution in [2.24, 2.45) is 0 Å². The fourth-order valence-electron chi connectivity index (χ4n) is 1.88. The first-order valence-electron chi connectivity index (χ1n) is 7.05. The standard InChI is InChI=1S/C17H14BrF3O3/c18-14-5-1-12(2-6-14)13-3-7-15(8-4-13)24-16(22)9-10-23-11-17(19,20)21/h1-8H,9-11H2. The van der Waals surface area contributed by atoms with Crippen LogP contribution in [0.5, 0.6) is 5.75 Å². The predicted molar refractivity (Wildman–Crippen MR) is 86.7 cm³/mol. The molecular weight excluding hydrogens is 389 g/mol. The minimum Gasteiger partial charge on any atom is -0.426 e. The van der Waals surface area contributed by atoms with E-state index in [0.29, 0.717) is 5.75 Å². The Hall–Kier alpha value is -1.86. The quantitative estimate of drug-likeness (QED) is 0.387. The van der Waals surface area contributed by atoms with E-state index >= 15 is 0 Å². The van der Waals surface area contributed by atoms with Crippen LogP contribution in [0.25, 0.3) is 11.1 Å². The summed E-state index contributed by atoms with van der Waals surface area (Å²) in [4.78, 5) is 11.5. The highest BCUT2D eigenvalue weighted by atomic mass is 79.9. The van der Waals surface area contributed by atoms with E-state index in [9.17, 15) is 18.0 Å². The van der Waals surface area contributed by atoms with E-state index in [1.54, 1.807) is 24.3 Å². The maximum absolute atomic E-state index is 11.9. The predicted octanol–water partition coefficient (Wildman–Crippen LogP) is 4.99. The second kappa shape index (κ2) is 8.30. The van der Waals surface area contributed by atoms with Crippen molar-refractivity contribution < 1.29 is 27.4 Å². The fraction of sp³-hybridized carbons (Fsp3) is 0.235. The normalized spacial score (nSPS) is 11.3. The van der Waals surface area contributed by atoms with Gasteiger partial charge in [0.1, 0.15) is 12.4 Å². The SMILES string of the molecule is O=C(CCOCC(F)(F)F)Oc1ccc(-c2ccc(Br)cc2)cc1. The molecule has 0 fully saturated rings. The molecule has 0 aliphatic rings. The van der Waals surface area contributed by atoms with Crippen LogP contribution in [0.15, 0.2) is 53.0 Å². The number of benzene rings is 2. The molecule has 2 aromatic carbocycles. The molecule has 0 spiro atoms. The van der Waals surface area contributed by atoms with Crippen LogP contribution in [0.2, 0.25) is 0 Å². The summed E-state index contributed by atoms with van der Waals surface area (Å²) >= 11 is 3.36. The van der Waals surface area contributed by atoms with Crippen molar-refractivity contribution in [1.29, 1.82) is 0 Å². The van der Waals surface area contributed by atoms with Crippen molar-refractivity contribution >= 4 is 21.9 Å². The van der Waals surface area contributed by atoms with Gasteiger partial charge in [-0.2, -0.15) is 13.2 Å². The molecule has 0 unspecified atom stereocenters. The van der Waals surface area contributed by atoms with Crippen LogP contribution in [0.1, 0.15) is 6.42 Å². The minimum atomic E-state index is -4.40. The maximum atomic E-state index is 11.9. The molecule has 0 saturated heterocycles. The van der Waals surface area contributed by atoms with Gasteiger partial charge in [-0.05, 0) is 35.4 Å². The van der Waals surface area contributed by atoms with Gasteiger partial charge in [-0.25, -0.2) is 0 Å². The van der Waals surface area contributed by atoms with Crippen molar-refractivity contribution in [3.05, 3.63) is 53.0 Å². The van der Waals surface area contributed by atoms with Gasteiger partial charge < -0.3 is 9.47 Å². The van der Waals surface area contributed by atoms with Crippen LogP contribution < -0.4 is 4.74 Å². The third kappa shape index (κ3) is 6.33. The summed E-state index contributed by atoms with van der Waals surface area (Å²) in [5.41, 5.74) is 1.97. The number of rotatable bonds is 6. The summed E-state index contributed by atoms with van der Waals surface area (Å²) in [6.45, 7) is -1.71. The number of hydrogen-bond acceptors (Lipinski definition) is 3. The first kappa shape index (κ1) is 18.5. The Morgan fingerprint density at radius 2 is 1.50 bits per heavy atom. The number of hydrogen-bond donors (Lipinski definition) is 0. The first-order valence-corrected chi connectivity index (χ1v) is 7.84. The van der Waals surface area contributed by atoms with Gasteiger partial charge in [-0.1, -0.05) is 40.2 Å². The molecule has 0 aliphatic carbocycles. The Balaban J connectivity index is 1.83. The van der Waals surface area contributed by atoms with Crippen LogP contribution in [0.4, 0.5) is 13.2 Å². The Labute approximate surface area is 145 Å². The number of carbonyl (C=O) groups excluding carboxylic acids is 1. The maximum Gasteiger partial charge on any atom is 0.411 e. The van der Waals surface area contributed by atoms with Gasteiger partial charge in [0.2, 0.25) is 0 Å². The van der Waals surface area contributed by atoms with E-state index < -0.39 is 18.8 Å². The van der Waals surface area contributed by atoms with Gasteiger partial charge in [0.05, 0.1) is 13.0 Å². The van der Waals surface area contributed by atoms with Crippen LogP contribution >= 0.6 is 15.9 Å². The molecule has 0 atom stereocenters.